The molecule has 0 rings (SSSR count). The summed E-state index contributed by atoms with van der Waals surface area (Å²) in [4.78, 5) is 0. The topological polar surface area (TPSA) is 49.9 Å². The summed E-state index contributed by atoms with van der Waals surface area (Å²) >= 11 is 0. The largest absolute Gasteiger partial charge is 0.398 e. The molecule has 0 aliphatic carbocycles. The highest BCUT2D eigenvalue weighted by Crippen LogP contribution is 1.94. The van der Waals surface area contributed by atoms with E-state index >= 15 is 0 Å². The van der Waals surface area contributed by atoms with E-state index in [0.717, 1.165) is 11.8 Å². The Bertz CT molecular complexity index is 133. The van der Waals surface area contributed by atoms with Gasteiger partial charge in [0.25, 0.3) is 0 Å². The van der Waals surface area contributed by atoms with Gasteiger partial charge < -0.3 is 11.1 Å². The summed E-state index contributed by atoms with van der Waals surface area (Å²) in [6.07, 6.45) is 2.65. The van der Waals surface area contributed by atoms with Gasteiger partial charge in [-0.1, -0.05) is 6.58 Å². The van der Waals surface area contributed by atoms with Crippen molar-refractivity contribution in [1.82, 2.24) is 0 Å². The minimum atomic E-state index is 0.569. The van der Waals surface area contributed by atoms with Crippen molar-refractivity contribution in [3.8, 4) is 0 Å². The molecule has 0 aromatic heterocycles. The van der Waals surface area contributed by atoms with E-state index in [9.17, 15) is 0 Å². The van der Waals surface area contributed by atoms with Gasteiger partial charge in [0, 0.05) is 11.9 Å². The Morgan fingerprint density at radius 3 is 2.38 bits per heavy atom. The molecule has 0 aliphatic rings. The van der Waals surface area contributed by atoms with Crippen molar-refractivity contribution in [1.29, 1.82) is 5.41 Å². The van der Waals surface area contributed by atoms with Gasteiger partial charge in [-0.2, -0.15) is 0 Å². The van der Waals surface area contributed by atoms with Crippen LogP contribution >= 0.6 is 0 Å². The fraction of sp³-hybridized carbons (Fsp3) is 0.167. The van der Waals surface area contributed by atoms with Gasteiger partial charge in [-0.25, -0.2) is 0 Å². The first-order chi connectivity index (χ1) is 3.68. The van der Waals surface area contributed by atoms with E-state index in [2.05, 4.69) is 6.58 Å². The lowest BCUT2D eigenvalue weighted by molar-refractivity contribution is 1.31. The third kappa shape index (κ3) is 2.18. The number of hydrogen-bond donors (Lipinski definition) is 2. The van der Waals surface area contributed by atoms with Crippen molar-refractivity contribution in [2.24, 2.45) is 5.73 Å². The predicted octanol–water partition coefficient (Wildman–Crippen LogP) is 1.05. The predicted molar refractivity (Wildman–Crippen MR) is 35.9 cm³/mol. The van der Waals surface area contributed by atoms with Crippen LogP contribution in [-0.2, 0) is 0 Å². The molecule has 0 bridgehead atoms. The summed E-state index contributed by atoms with van der Waals surface area (Å²) in [7, 11) is 0. The molecule has 3 N–H and O–H groups in total. The van der Waals surface area contributed by atoms with Crippen LogP contribution in [0.3, 0.4) is 0 Å². The third-order valence-corrected chi connectivity index (χ3v) is 0.756. The third-order valence-electron chi connectivity index (χ3n) is 0.756. The van der Waals surface area contributed by atoms with Crippen LogP contribution in [0.2, 0.25) is 0 Å². The number of rotatable bonds is 2. The van der Waals surface area contributed by atoms with Crippen LogP contribution < -0.4 is 5.73 Å². The Morgan fingerprint density at radius 2 is 2.25 bits per heavy atom. The van der Waals surface area contributed by atoms with Gasteiger partial charge >= 0.3 is 0 Å². The molecule has 0 amide bonds. The maximum Gasteiger partial charge on any atom is 0.0352 e. The molecule has 44 valence electrons. The number of allylic oxidation sites excluding steroid dienone is 2. The Kier molecular flexibility index (Phi) is 2.62. The van der Waals surface area contributed by atoms with Crippen molar-refractivity contribution in [2.45, 2.75) is 6.92 Å². The second-order valence-corrected chi connectivity index (χ2v) is 1.57. The number of nitrogens with two attached hydrogens (primary N) is 1. The highest BCUT2D eigenvalue weighted by molar-refractivity contribution is 5.69. The van der Waals surface area contributed by atoms with Crippen LogP contribution in [0.5, 0.6) is 0 Å². The lowest BCUT2D eigenvalue weighted by atomic mass is 10.2. The fourth-order valence-electron chi connectivity index (χ4n) is 0.232. The monoisotopic (exact) mass is 110 g/mol. The zero-order chi connectivity index (χ0) is 6.57. The van der Waals surface area contributed by atoms with Crippen molar-refractivity contribution in [2.75, 3.05) is 0 Å². The quantitative estimate of drug-likeness (QED) is 0.405. The highest BCUT2D eigenvalue weighted by atomic mass is 14.6. The molecule has 0 spiro atoms. The average Bonchev–Trinajstić information content (AvgIpc) is 1.67. The Morgan fingerprint density at radius 1 is 1.75 bits per heavy atom. The van der Waals surface area contributed by atoms with E-state index in [1.807, 2.05) is 0 Å². The van der Waals surface area contributed by atoms with Gasteiger partial charge in [0.2, 0.25) is 0 Å². The minimum absolute atomic E-state index is 0.569. The maximum absolute atomic E-state index is 6.60. The smallest absolute Gasteiger partial charge is 0.0352 e. The van der Waals surface area contributed by atoms with Gasteiger partial charge in [-0.15, -0.1) is 0 Å². The number of nitrogens with one attached hydrogen (secondary N) is 1. The molecular formula is C6H10N2. The SMILES string of the molecule is C=C(C)C(N)=CC=N. The van der Waals surface area contributed by atoms with E-state index in [0.29, 0.717) is 5.70 Å². The summed E-state index contributed by atoms with van der Waals surface area (Å²) in [5, 5.41) is 6.60. The van der Waals surface area contributed by atoms with E-state index in [1.165, 1.54) is 6.08 Å². The second kappa shape index (κ2) is 3.02. The molecule has 0 aliphatic heterocycles. The molecule has 0 unspecified atom stereocenters. The average molecular weight is 110 g/mol. The second-order valence-electron chi connectivity index (χ2n) is 1.57. The van der Waals surface area contributed by atoms with Crippen LogP contribution in [0.1, 0.15) is 6.92 Å². The molecular weight excluding hydrogens is 100 g/mol. The summed E-state index contributed by atoms with van der Waals surface area (Å²) in [6.45, 7) is 5.38. The molecule has 0 fully saturated rings. The molecule has 8 heavy (non-hydrogen) atoms. The van der Waals surface area contributed by atoms with Crippen molar-refractivity contribution < 1.29 is 0 Å². The van der Waals surface area contributed by atoms with Crippen LogP contribution in [0.25, 0.3) is 0 Å². The van der Waals surface area contributed by atoms with E-state index in [-0.39, 0.29) is 0 Å². The highest BCUT2D eigenvalue weighted by Gasteiger charge is 1.83. The minimum Gasteiger partial charge on any atom is -0.398 e. The zero-order valence-corrected chi connectivity index (χ0v) is 4.94. The molecule has 0 atom stereocenters. The van der Waals surface area contributed by atoms with E-state index in [4.69, 9.17) is 11.1 Å². The molecule has 0 saturated carbocycles. The first kappa shape index (κ1) is 6.95. The Hall–Kier alpha value is -1.05. The first-order valence-corrected chi connectivity index (χ1v) is 2.30. The standard InChI is InChI=1S/C6H10N2/c1-5(2)6(8)3-4-7/h3-4,7H,1,8H2,2H3. The summed E-state index contributed by atoms with van der Waals surface area (Å²) in [5.74, 6) is 0. The van der Waals surface area contributed by atoms with Crippen molar-refractivity contribution in [3.63, 3.8) is 0 Å². The van der Waals surface area contributed by atoms with Crippen LogP contribution in [0, 0.1) is 5.41 Å². The van der Waals surface area contributed by atoms with Crippen LogP contribution in [0.4, 0.5) is 0 Å². The molecule has 0 saturated heterocycles. The molecule has 0 heterocycles. The van der Waals surface area contributed by atoms with Gasteiger partial charge in [-0.3, -0.25) is 0 Å². The maximum atomic E-state index is 6.60. The normalized spacial score (nSPS) is 10.9. The van der Waals surface area contributed by atoms with Gasteiger partial charge in [0.05, 0.1) is 0 Å². The Balaban J connectivity index is 3.99. The van der Waals surface area contributed by atoms with Gasteiger partial charge in [0.15, 0.2) is 0 Å². The van der Waals surface area contributed by atoms with Gasteiger partial charge in [0.1, 0.15) is 0 Å². The van der Waals surface area contributed by atoms with Crippen molar-refractivity contribution >= 4 is 6.21 Å². The van der Waals surface area contributed by atoms with Gasteiger partial charge in [-0.05, 0) is 18.6 Å². The first-order valence-electron chi connectivity index (χ1n) is 2.30. The Labute approximate surface area is 49.2 Å². The number of hydrogen-bond acceptors (Lipinski definition) is 2. The van der Waals surface area contributed by atoms with E-state index in [1.54, 1.807) is 6.92 Å². The zero-order valence-electron chi connectivity index (χ0n) is 4.94. The molecule has 0 aromatic rings. The summed E-state index contributed by atoms with van der Waals surface area (Å²) in [5.41, 5.74) is 6.71. The fourth-order valence-corrected chi connectivity index (χ4v) is 0.232. The van der Waals surface area contributed by atoms with Crippen LogP contribution in [-0.4, -0.2) is 6.21 Å². The molecule has 0 aromatic carbocycles. The van der Waals surface area contributed by atoms with Crippen LogP contribution in [0.15, 0.2) is 23.9 Å². The molecule has 2 nitrogen and oxygen atoms in total. The summed E-state index contributed by atoms with van der Waals surface area (Å²) < 4.78 is 0. The van der Waals surface area contributed by atoms with E-state index < -0.39 is 0 Å². The van der Waals surface area contributed by atoms with Crippen molar-refractivity contribution in [3.05, 3.63) is 23.9 Å². The lowest BCUT2D eigenvalue weighted by Crippen LogP contribution is -1.96. The lowest BCUT2D eigenvalue weighted by Gasteiger charge is -1.92. The molecule has 0 radical (unpaired) electrons. The molecule has 2 heteroatoms. The summed E-state index contributed by atoms with van der Waals surface area (Å²) in [6, 6.07) is 0.